The average molecular weight is 324 g/mol. The number of allylic oxidation sites excluding steroid dienone is 2. The van der Waals surface area contributed by atoms with Crippen LogP contribution in [0.15, 0.2) is 42.5 Å². The molecule has 0 spiro atoms. The minimum atomic E-state index is -1.46. The van der Waals surface area contributed by atoms with Gasteiger partial charge in [0.1, 0.15) is 5.75 Å². The summed E-state index contributed by atoms with van der Waals surface area (Å²) in [6, 6.07) is 11.8. The fraction of sp³-hybridized carbons (Fsp3) is 0.368. The Morgan fingerprint density at radius 2 is 1.71 bits per heavy atom. The summed E-state index contributed by atoms with van der Waals surface area (Å²) in [5.41, 5.74) is -0.510. The number of nitriles is 2. The lowest BCUT2D eigenvalue weighted by molar-refractivity contribution is -0.223. The van der Waals surface area contributed by atoms with Gasteiger partial charge in [0, 0.05) is 20.1 Å². The van der Waals surface area contributed by atoms with E-state index < -0.39 is 11.2 Å². The number of rotatable bonds is 5. The van der Waals surface area contributed by atoms with Gasteiger partial charge in [-0.3, -0.25) is 0 Å². The molecule has 24 heavy (non-hydrogen) atoms. The van der Waals surface area contributed by atoms with E-state index in [0.29, 0.717) is 6.42 Å². The minimum Gasteiger partial charge on any atom is -0.497 e. The summed E-state index contributed by atoms with van der Waals surface area (Å²) in [4.78, 5) is 0. The number of methoxy groups -OCH3 is 3. The standard InChI is InChI=1S/C19H20N2O3/c1-22-17-10-7-15(8-11-17)6-9-16-5-4-12-19(23-2,24-3)18(16,13-20)14-21/h4,6-12,16H,5H2,1-3H3. The molecule has 0 fully saturated rings. The normalized spacial score (nSPS) is 21.1. The van der Waals surface area contributed by atoms with E-state index in [1.165, 1.54) is 14.2 Å². The molecule has 5 heteroatoms. The van der Waals surface area contributed by atoms with Crippen molar-refractivity contribution >= 4 is 6.08 Å². The summed E-state index contributed by atoms with van der Waals surface area (Å²) in [5.74, 6) is -0.975. The molecule has 0 N–H and O–H groups in total. The molecule has 1 aliphatic carbocycles. The average Bonchev–Trinajstić information content (AvgIpc) is 2.66. The van der Waals surface area contributed by atoms with E-state index in [9.17, 15) is 10.5 Å². The molecule has 1 unspecified atom stereocenters. The smallest absolute Gasteiger partial charge is 0.220 e. The van der Waals surface area contributed by atoms with Gasteiger partial charge in [-0.2, -0.15) is 10.5 Å². The van der Waals surface area contributed by atoms with E-state index >= 15 is 0 Å². The quantitative estimate of drug-likeness (QED) is 0.613. The first-order chi connectivity index (χ1) is 11.6. The maximum atomic E-state index is 9.76. The Labute approximate surface area is 142 Å². The third-order valence-corrected chi connectivity index (χ3v) is 4.43. The van der Waals surface area contributed by atoms with Crippen LogP contribution >= 0.6 is 0 Å². The second-order valence-electron chi connectivity index (χ2n) is 5.48. The first-order valence-electron chi connectivity index (χ1n) is 7.54. The Balaban J connectivity index is 2.38. The van der Waals surface area contributed by atoms with E-state index in [0.717, 1.165) is 11.3 Å². The Morgan fingerprint density at radius 1 is 1.08 bits per heavy atom. The maximum Gasteiger partial charge on any atom is 0.220 e. The molecule has 1 aromatic carbocycles. The molecule has 2 rings (SSSR count). The van der Waals surface area contributed by atoms with Crippen molar-refractivity contribution in [2.75, 3.05) is 21.3 Å². The van der Waals surface area contributed by atoms with Crippen LogP contribution in [-0.2, 0) is 9.47 Å². The fourth-order valence-corrected chi connectivity index (χ4v) is 2.99. The van der Waals surface area contributed by atoms with Gasteiger partial charge in [0.25, 0.3) is 0 Å². The highest BCUT2D eigenvalue weighted by Gasteiger charge is 2.58. The predicted octanol–water partition coefficient (Wildman–Crippen LogP) is 3.31. The van der Waals surface area contributed by atoms with Gasteiger partial charge in [0.05, 0.1) is 19.2 Å². The fourth-order valence-electron chi connectivity index (χ4n) is 2.99. The van der Waals surface area contributed by atoms with Crippen molar-refractivity contribution in [2.45, 2.75) is 12.2 Å². The summed E-state index contributed by atoms with van der Waals surface area (Å²) in [6.07, 6.45) is 7.84. The first-order valence-corrected chi connectivity index (χ1v) is 7.54. The predicted molar refractivity (Wildman–Crippen MR) is 89.7 cm³/mol. The molecule has 0 aliphatic heterocycles. The van der Waals surface area contributed by atoms with E-state index in [4.69, 9.17) is 14.2 Å². The van der Waals surface area contributed by atoms with Crippen molar-refractivity contribution in [3.8, 4) is 17.9 Å². The van der Waals surface area contributed by atoms with Gasteiger partial charge in [0.15, 0.2) is 0 Å². The molecule has 1 atom stereocenters. The molecule has 0 saturated carbocycles. The van der Waals surface area contributed by atoms with Crippen molar-refractivity contribution in [2.24, 2.45) is 11.3 Å². The number of ether oxygens (including phenoxy) is 3. The third-order valence-electron chi connectivity index (χ3n) is 4.43. The Morgan fingerprint density at radius 3 is 2.21 bits per heavy atom. The van der Waals surface area contributed by atoms with Gasteiger partial charge in [-0.15, -0.1) is 0 Å². The lowest BCUT2D eigenvalue weighted by Gasteiger charge is -2.43. The highest BCUT2D eigenvalue weighted by molar-refractivity contribution is 5.52. The number of nitrogens with zero attached hydrogens (tertiary/aromatic N) is 2. The van der Waals surface area contributed by atoms with Gasteiger partial charge in [-0.05, 0) is 30.2 Å². The molecular formula is C19H20N2O3. The zero-order valence-electron chi connectivity index (χ0n) is 14.0. The van der Waals surface area contributed by atoms with Crippen molar-refractivity contribution in [3.05, 3.63) is 48.1 Å². The number of hydrogen-bond acceptors (Lipinski definition) is 5. The number of hydrogen-bond donors (Lipinski definition) is 0. The first kappa shape index (κ1) is 17.7. The van der Waals surface area contributed by atoms with Crippen LogP contribution in [0.3, 0.4) is 0 Å². The van der Waals surface area contributed by atoms with Crippen LogP contribution in [-0.4, -0.2) is 27.1 Å². The molecule has 1 aromatic rings. The second kappa shape index (κ2) is 7.31. The third kappa shape index (κ3) is 2.80. The molecule has 124 valence electrons. The minimum absolute atomic E-state index is 0.362. The van der Waals surface area contributed by atoms with Gasteiger partial charge in [-0.25, -0.2) is 0 Å². The lowest BCUT2D eigenvalue weighted by atomic mass is 9.66. The zero-order chi connectivity index (χ0) is 17.6. The molecule has 0 bridgehead atoms. The van der Waals surface area contributed by atoms with Crippen molar-refractivity contribution in [1.29, 1.82) is 10.5 Å². The van der Waals surface area contributed by atoms with Crippen molar-refractivity contribution in [1.82, 2.24) is 0 Å². The van der Waals surface area contributed by atoms with Gasteiger partial charge < -0.3 is 14.2 Å². The highest BCUT2D eigenvalue weighted by atomic mass is 16.7. The molecule has 1 aliphatic rings. The van der Waals surface area contributed by atoms with E-state index in [2.05, 4.69) is 12.1 Å². The zero-order valence-corrected chi connectivity index (χ0v) is 14.0. The Bertz CT molecular complexity index is 690. The highest BCUT2D eigenvalue weighted by Crippen LogP contribution is 2.47. The van der Waals surface area contributed by atoms with Gasteiger partial charge in [-0.1, -0.05) is 30.4 Å². The van der Waals surface area contributed by atoms with Gasteiger partial charge in [0.2, 0.25) is 11.2 Å². The van der Waals surface area contributed by atoms with Crippen LogP contribution in [0.5, 0.6) is 5.75 Å². The van der Waals surface area contributed by atoms with E-state index in [-0.39, 0.29) is 5.92 Å². The largest absolute Gasteiger partial charge is 0.497 e. The molecule has 0 heterocycles. The van der Waals surface area contributed by atoms with Gasteiger partial charge >= 0.3 is 0 Å². The Hall–Kier alpha value is -2.60. The van der Waals surface area contributed by atoms with E-state index in [1.54, 1.807) is 13.2 Å². The molecule has 0 radical (unpaired) electrons. The Kier molecular flexibility index (Phi) is 5.41. The summed E-state index contributed by atoms with van der Waals surface area (Å²) in [7, 11) is 4.49. The van der Waals surface area contributed by atoms with Crippen LogP contribution < -0.4 is 4.74 Å². The number of benzene rings is 1. The van der Waals surface area contributed by atoms with Crippen LogP contribution in [0.2, 0.25) is 0 Å². The van der Waals surface area contributed by atoms with Crippen molar-refractivity contribution < 1.29 is 14.2 Å². The monoisotopic (exact) mass is 324 g/mol. The van der Waals surface area contributed by atoms with Crippen LogP contribution in [0.1, 0.15) is 12.0 Å². The molecule has 0 saturated heterocycles. The second-order valence-corrected chi connectivity index (χ2v) is 5.48. The lowest BCUT2D eigenvalue weighted by Crippen LogP contribution is -2.53. The van der Waals surface area contributed by atoms with Crippen LogP contribution in [0, 0.1) is 34.0 Å². The SMILES string of the molecule is COc1ccc(C=CC2CC=CC(OC)(OC)C2(C#N)C#N)cc1. The maximum absolute atomic E-state index is 9.76. The van der Waals surface area contributed by atoms with Crippen LogP contribution in [0.25, 0.3) is 6.08 Å². The molecular weight excluding hydrogens is 304 g/mol. The summed E-state index contributed by atoms with van der Waals surface area (Å²) >= 11 is 0. The molecule has 5 nitrogen and oxygen atoms in total. The van der Waals surface area contributed by atoms with E-state index in [1.807, 2.05) is 42.5 Å². The topological polar surface area (TPSA) is 75.3 Å². The summed E-state index contributed by atoms with van der Waals surface area (Å²) in [6.45, 7) is 0. The van der Waals surface area contributed by atoms with Crippen LogP contribution in [0.4, 0.5) is 0 Å². The molecule has 0 aromatic heterocycles. The molecule has 0 amide bonds. The summed E-state index contributed by atoms with van der Waals surface area (Å²) < 4.78 is 16.0. The summed E-state index contributed by atoms with van der Waals surface area (Å²) in [5, 5.41) is 19.5. The van der Waals surface area contributed by atoms with Crippen molar-refractivity contribution in [3.63, 3.8) is 0 Å².